The van der Waals surface area contributed by atoms with Crippen LogP contribution in [0.5, 0.6) is 0 Å². The molecule has 18 nitrogen and oxygen atoms in total. The Morgan fingerprint density at radius 2 is 1.62 bits per heavy atom. The van der Waals surface area contributed by atoms with Crippen molar-refractivity contribution in [1.82, 2.24) is 9.80 Å². The number of carboxylic acids is 2. The third kappa shape index (κ3) is 8.13. The molecule has 228 valence electrons. The van der Waals surface area contributed by atoms with Crippen molar-refractivity contribution in [1.29, 1.82) is 0 Å². The molecule has 40 heavy (non-hydrogen) atoms. The zero-order valence-electron chi connectivity index (χ0n) is 22.2. The van der Waals surface area contributed by atoms with Gasteiger partial charge in [-0.3, -0.25) is 28.9 Å². The summed E-state index contributed by atoms with van der Waals surface area (Å²) in [4.78, 5) is 75.1. The molecule has 11 N–H and O–H groups in total. The van der Waals surface area contributed by atoms with E-state index in [9.17, 15) is 49.2 Å². The number of aliphatic carboxylic acids is 2. The molecule has 0 saturated carbocycles. The number of nitrogens with two attached hydrogens (primary N) is 3. The van der Waals surface area contributed by atoms with Crippen molar-refractivity contribution in [3.05, 3.63) is 0 Å². The Morgan fingerprint density at radius 3 is 2.05 bits per heavy atom. The average molecular weight is 580 g/mol. The second kappa shape index (κ2) is 14.9. The lowest BCUT2D eigenvalue weighted by Crippen LogP contribution is -2.70. The van der Waals surface area contributed by atoms with Gasteiger partial charge in [-0.05, 0) is 20.3 Å². The van der Waals surface area contributed by atoms with Crippen LogP contribution in [0.2, 0.25) is 0 Å². The van der Waals surface area contributed by atoms with E-state index in [4.69, 9.17) is 31.8 Å². The maximum atomic E-state index is 13.7. The molecule has 1 heterocycles. The van der Waals surface area contributed by atoms with Gasteiger partial charge in [-0.2, -0.15) is 0 Å². The molecule has 0 aromatic carbocycles. The van der Waals surface area contributed by atoms with Gasteiger partial charge < -0.3 is 57.1 Å². The molecule has 1 aliphatic heterocycles. The number of amides is 4. The van der Waals surface area contributed by atoms with E-state index in [1.54, 1.807) is 0 Å². The molecule has 1 aliphatic rings. The molecular weight excluding hydrogens is 542 g/mol. The minimum absolute atomic E-state index is 0.264. The van der Waals surface area contributed by atoms with Gasteiger partial charge in [-0.15, -0.1) is 0 Å². The number of rotatable bonds is 14. The Bertz CT molecular complexity index is 965. The van der Waals surface area contributed by atoms with Crippen molar-refractivity contribution in [3.63, 3.8) is 0 Å². The molecule has 0 spiro atoms. The highest BCUT2D eigenvalue weighted by Gasteiger charge is 2.50. The van der Waals surface area contributed by atoms with E-state index in [2.05, 4.69) is 0 Å². The number of carboxylic acid groups (broad SMARTS) is 2. The van der Waals surface area contributed by atoms with Crippen LogP contribution < -0.4 is 17.2 Å². The predicted molar refractivity (Wildman–Crippen MR) is 130 cm³/mol. The highest BCUT2D eigenvalue weighted by Crippen LogP contribution is 2.28. The topological polar surface area (TPSA) is 307 Å². The number of imide groups is 1. The first-order valence-electron chi connectivity index (χ1n) is 12.1. The minimum atomic E-state index is -1.84. The number of ether oxygens (including phenoxy) is 2. The SMILES string of the molecule is CC(=O)N(C1O[C@H](CO)[C@@H](O)[C@H](O[C@H](C)C(=O)O)[C@H]1N)[C@@H](C)C(=O)N(C(=O)[C@@H](N)CO)[C@H](CCC(=O)O)C(N)=O. The Balaban J connectivity index is 3.57. The molecule has 9 atom stereocenters. The van der Waals surface area contributed by atoms with Gasteiger partial charge in [-0.1, -0.05) is 0 Å². The summed E-state index contributed by atoms with van der Waals surface area (Å²) in [5, 5.41) is 47.9. The molecule has 0 aromatic heterocycles. The quantitative estimate of drug-likeness (QED) is 0.0954. The molecular formula is C22H37N5O13. The van der Waals surface area contributed by atoms with E-state index in [0.29, 0.717) is 4.90 Å². The number of primary amides is 1. The zero-order valence-corrected chi connectivity index (χ0v) is 22.2. The number of aliphatic hydroxyl groups is 3. The largest absolute Gasteiger partial charge is 0.481 e. The molecule has 1 rings (SSSR count). The van der Waals surface area contributed by atoms with Crippen molar-refractivity contribution in [2.45, 2.75) is 88.4 Å². The fraction of sp³-hybridized carbons (Fsp3) is 0.727. The van der Waals surface area contributed by atoms with Crippen molar-refractivity contribution in [3.8, 4) is 0 Å². The number of aliphatic hydroxyl groups excluding tert-OH is 3. The number of carbonyl (C=O) groups is 6. The summed E-state index contributed by atoms with van der Waals surface area (Å²) < 4.78 is 10.9. The molecule has 0 radical (unpaired) electrons. The minimum Gasteiger partial charge on any atom is -0.481 e. The van der Waals surface area contributed by atoms with Gasteiger partial charge in [0.15, 0.2) is 12.3 Å². The van der Waals surface area contributed by atoms with Gasteiger partial charge in [-0.25, -0.2) is 4.79 Å². The van der Waals surface area contributed by atoms with Gasteiger partial charge in [0.05, 0.1) is 19.3 Å². The van der Waals surface area contributed by atoms with E-state index >= 15 is 0 Å². The smallest absolute Gasteiger partial charge is 0.332 e. The van der Waals surface area contributed by atoms with Crippen molar-refractivity contribution >= 4 is 35.6 Å². The highest BCUT2D eigenvalue weighted by atomic mass is 16.6. The number of nitrogens with zero attached hydrogens (tertiary/aromatic N) is 2. The zero-order chi connectivity index (χ0) is 31.1. The Labute approximate surface area is 228 Å². The number of hydrogen-bond donors (Lipinski definition) is 8. The van der Waals surface area contributed by atoms with Gasteiger partial charge in [0.2, 0.25) is 17.7 Å². The second-order valence-electron chi connectivity index (χ2n) is 9.19. The first-order valence-corrected chi connectivity index (χ1v) is 12.1. The van der Waals surface area contributed by atoms with Crippen LogP contribution >= 0.6 is 0 Å². The molecule has 0 aromatic rings. The number of hydrogen-bond acceptors (Lipinski definition) is 13. The summed E-state index contributed by atoms with van der Waals surface area (Å²) >= 11 is 0. The monoisotopic (exact) mass is 579 g/mol. The lowest BCUT2D eigenvalue weighted by Gasteiger charge is -2.48. The van der Waals surface area contributed by atoms with E-state index < -0.39 is 116 Å². The lowest BCUT2D eigenvalue weighted by molar-refractivity contribution is -0.245. The summed E-state index contributed by atoms with van der Waals surface area (Å²) in [5.74, 6) is -7.54. The van der Waals surface area contributed by atoms with E-state index in [0.717, 1.165) is 20.8 Å². The van der Waals surface area contributed by atoms with Crippen LogP contribution in [0.4, 0.5) is 0 Å². The average Bonchev–Trinajstić information content (AvgIpc) is 2.88. The first-order chi connectivity index (χ1) is 18.5. The number of carbonyl (C=O) groups excluding carboxylic acids is 4. The standard InChI is InChI=1S/C22H37N5O13/c1-8(19(35)27(20(36)11(23)6-28)12(18(25)34)4-5-14(31)32)26(10(3)30)21-15(24)17(39-9(2)22(37)38)16(33)13(7-29)40-21/h8-9,11-13,15-17,21,28-29,33H,4-7,23-24H2,1-3H3,(H2,25,34)(H,31,32)(H,37,38)/t8-,9+,11-,12+,13+,15+,16+,17+,21?/m0/s1. The van der Waals surface area contributed by atoms with E-state index in [-0.39, 0.29) is 4.90 Å². The van der Waals surface area contributed by atoms with Gasteiger partial charge in [0, 0.05) is 13.3 Å². The summed E-state index contributed by atoms with van der Waals surface area (Å²) in [6.45, 7) is 1.43. The fourth-order valence-corrected chi connectivity index (χ4v) is 4.14. The lowest BCUT2D eigenvalue weighted by atomic mass is 9.94. The summed E-state index contributed by atoms with van der Waals surface area (Å²) in [5.41, 5.74) is 17.1. The van der Waals surface area contributed by atoms with Crippen LogP contribution in [-0.2, 0) is 38.2 Å². The molecule has 4 amide bonds. The maximum Gasteiger partial charge on any atom is 0.332 e. The van der Waals surface area contributed by atoms with E-state index in [1.165, 1.54) is 0 Å². The molecule has 1 fully saturated rings. The van der Waals surface area contributed by atoms with Crippen LogP contribution in [0.3, 0.4) is 0 Å². The Kier molecular flexibility index (Phi) is 13.0. The molecule has 18 heteroatoms. The first kappa shape index (κ1) is 34.8. The fourth-order valence-electron chi connectivity index (χ4n) is 4.14. The van der Waals surface area contributed by atoms with Crippen LogP contribution in [0.1, 0.15) is 33.6 Å². The van der Waals surface area contributed by atoms with E-state index in [1.807, 2.05) is 0 Å². The summed E-state index contributed by atoms with van der Waals surface area (Å²) in [7, 11) is 0. The van der Waals surface area contributed by atoms with Gasteiger partial charge in [0.1, 0.15) is 36.4 Å². The highest BCUT2D eigenvalue weighted by molar-refractivity contribution is 6.04. The summed E-state index contributed by atoms with van der Waals surface area (Å²) in [6, 6.07) is -6.79. The maximum absolute atomic E-state index is 13.7. The molecule has 0 bridgehead atoms. The van der Waals surface area contributed by atoms with Crippen LogP contribution in [0, 0.1) is 0 Å². The van der Waals surface area contributed by atoms with Crippen molar-refractivity contribution < 1.29 is 63.8 Å². The third-order valence-corrected chi connectivity index (χ3v) is 6.30. The normalized spacial score (nSPS) is 25.6. The Morgan fingerprint density at radius 1 is 1.05 bits per heavy atom. The van der Waals surface area contributed by atoms with Gasteiger partial charge in [0.25, 0.3) is 5.91 Å². The van der Waals surface area contributed by atoms with Crippen molar-refractivity contribution in [2.24, 2.45) is 17.2 Å². The van der Waals surface area contributed by atoms with Crippen molar-refractivity contribution in [2.75, 3.05) is 13.2 Å². The van der Waals surface area contributed by atoms with Gasteiger partial charge >= 0.3 is 11.9 Å². The van der Waals surface area contributed by atoms with Crippen LogP contribution in [-0.4, -0.2) is 139 Å². The second-order valence-corrected chi connectivity index (χ2v) is 9.19. The summed E-state index contributed by atoms with van der Waals surface area (Å²) in [6.07, 6.45) is -9.11. The predicted octanol–water partition coefficient (Wildman–Crippen LogP) is -5.12. The molecule has 0 aliphatic carbocycles. The Hall–Kier alpha value is -3.26. The molecule has 1 unspecified atom stereocenters. The molecule has 1 saturated heterocycles. The third-order valence-electron chi connectivity index (χ3n) is 6.30. The van der Waals surface area contributed by atoms with Crippen LogP contribution in [0.15, 0.2) is 0 Å². The van der Waals surface area contributed by atoms with Crippen LogP contribution in [0.25, 0.3) is 0 Å².